The van der Waals surface area contributed by atoms with Gasteiger partial charge >= 0.3 is 0 Å². The molecular weight excluding hydrogens is 303 g/mol. The van der Waals surface area contributed by atoms with Crippen molar-refractivity contribution in [3.8, 4) is 11.5 Å². The molecule has 118 valence electrons. The number of hydrogen-bond acceptors (Lipinski definition) is 4. The molecule has 0 bridgehead atoms. The number of carbonyl (C=O) groups is 2. The van der Waals surface area contributed by atoms with Gasteiger partial charge in [-0.3, -0.25) is 9.59 Å². The molecule has 2 aromatic rings. The molecule has 1 aliphatic heterocycles. The molecule has 0 saturated heterocycles. The van der Waals surface area contributed by atoms with Gasteiger partial charge < -0.3 is 20.1 Å². The Kier molecular flexibility index (Phi) is 4.09. The maximum atomic E-state index is 12.8. The van der Waals surface area contributed by atoms with Crippen molar-refractivity contribution in [3.05, 3.63) is 48.3 Å². The van der Waals surface area contributed by atoms with Crippen LogP contribution >= 0.6 is 0 Å². The first-order valence-electron chi connectivity index (χ1n) is 6.86. The van der Waals surface area contributed by atoms with Crippen LogP contribution in [0.25, 0.3) is 0 Å². The number of fused-ring (bicyclic) bond motifs is 1. The summed E-state index contributed by atoms with van der Waals surface area (Å²) in [5.74, 6) is -0.215. The molecule has 2 aromatic carbocycles. The van der Waals surface area contributed by atoms with Crippen molar-refractivity contribution in [1.82, 2.24) is 0 Å². The number of ether oxygens (including phenoxy) is 2. The SMILES string of the molecule is O=C(COc1ccc(F)cc1)Nc1cccc2c1NC(=O)CO2. The number of carbonyl (C=O) groups excluding carboxylic acids is 2. The topological polar surface area (TPSA) is 76.7 Å². The van der Waals surface area contributed by atoms with Crippen molar-refractivity contribution in [3.63, 3.8) is 0 Å². The predicted molar refractivity (Wildman–Crippen MR) is 81.1 cm³/mol. The molecule has 0 aromatic heterocycles. The van der Waals surface area contributed by atoms with E-state index in [0.717, 1.165) is 0 Å². The maximum Gasteiger partial charge on any atom is 0.262 e. The molecule has 0 atom stereocenters. The lowest BCUT2D eigenvalue weighted by Gasteiger charge is -2.20. The second-order valence-electron chi connectivity index (χ2n) is 4.81. The fourth-order valence-corrected chi connectivity index (χ4v) is 2.07. The van der Waals surface area contributed by atoms with Crippen LogP contribution in [0, 0.1) is 5.82 Å². The molecular formula is C16H13FN2O4. The van der Waals surface area contributed by atoms with Crippen LogP contribution < -0.4 is 20.1 Å². The molecule has 6 nitrogen and oxygen atoms in total. The quantitative estimate of drug-likeness (QED) is 0.906. The van der Waals surface area contributed by atoms with Crippen LogP contribution in [0.15, 0.2) is 42.5 Å². The van der Waals surface area contributed by atoms with Crippen LogP contribution in [0.1, 0.15) is 0 Å². The third-order valence-corrected chi connectivity index (χ3v) is 3.11. The number of halogens is 1. The van der Waals surface area contributed by atoms with E-state index in [1.165, 1.54) is 24.3 Å². The van der Waals surface area contributed by atoms with Crippen molar-refractivity contribution in [2.45, 2.75) is 0 Å². The number of para-hydroxylation sites is 1. The summed E-state index contributed by atoms with van der Waals surface area (Å²) in [5.41, 5.74) is 0.835. The molecule has 7 heteroatoms. The molecule has 0 fully saturated rings. The predicted octanol–water partition coefficient (Wildman–Crippen LogP) is 2.17. The minimum absolute atomic E-state index is 0.0575. The summed E-state index contributed by atoms with van der Waals surface area (Å²) < 4.78 is 23.3. The second-order valence-corrected chi connectivity index (χ2v) is 4.81. The minimum atomic E-state index is -0.414. The molecule has 1 heterocycles. The van der Waals surface area contributed by atoms with Crippen molar-refractivity contribution < 1.29 is 23.5 Å². The summed E-state index contributed by atoms with van der Waals surface area (Å²) in [7, 11) is 0. The number of anilines is 2. The molecule has 0 radical (unpaired) electrons. The normalized spacial score (nSPS) is 12.7. The standard InChI is InChI=1S/C16H13FN2O4/c17-10-4-6-11(7-5-10)22-8-14(20)18-12-2-1-3-13-16(12)19-15(21)9-23-13/h1-7H,8-9H2,(H,18,20)(H,19,21). The fraction of sp³-hybridized carbons (Fsp3) is 0.125. The maximum absolute atomic E-state index is 12.8. The smallest absolute Gasteiger partial charge is 0.262 e. The summed E-state index contributed by atoms with van der Waals surface area (Å²) in [6, 6.07) is 10.4. The number of amides is 2. The van der Waals surface area contributed by atoms with Gasteiger partial charge in [-0.2, -0.15) is 0 Å². The minimum Gasteiger partial charge on any atom is -0.484 e. The van der Waals surface area contributed by atoms with E-state index in [2.05, 4.69) is 10.6 Å². The Morgan fingerprint density at radius 3 is 2.83 bits per heavy atom. The Morgan fingerprint density at radius 2 is 2.04 bits per heavy atom. The van der Waals surface area contributed by atoms with Gasteiger partial charge in [0.15, 0.2) is 13.2 Å². The van der Waals surface area contributed by atoms with Crippen LogP contribution in [0.4, 0.5) is 15.8 Å². The first-order valence-corrected chi connectivity index (χ1v) is 6.86. The summed E-state index contributed by atoms with van der Waals surface area (Å²) in [4.78, 5) is 23.4. The zero-order chi connectivity index (χ0) is 16.2. The van der Waals surface area contributed by atoms with Crippen LogP contribution in [-0.2, 0) is 9.59 Å². The highest BCUT2D eigenvalue weighted by Gasteiger charge is 2.19. The average Bonchev–Trinajstić information content (AvgIpc) is 2.55. The van der Waals surface area contributed by atoms with Gasteiger partial charge in [0, 0.05) is 0 Å². The fourth-order valence-electron chi connectivity index (χ4n) is 2.07. The van der Waals surface area contributed by atoms with Gasteiger partial charge in [0.1, 0.15) is 23.0 Å². The van der Waals surface area contributed by atoms with Crippen LogP contribution in [0.5, 0.6) is 11.5 Å². The van der Waals surface area contributed by atoms with E-state index in [1.807, 2.05) is 0 Å². The monoisotopic (exact) mass is 316 g/mol. The molecule has 0 unspecified atom stereocenters. The Balaban J connectivity index is 1.64. The zero-order valence-corrected chi connectivity index (χ0v) is 12.0. The van der Waals surface area contributed by atoms with Gasteiger partial charge in [0.25, 0.3) is 11.8 Å². The highest BCUT2D eigenvalue weighted by molar-refractivity contribution is 6.03. The van der Waals surface area contributed by atoms with Crippen LogP contribution in [0.3, 0.4) is 0 Å². The molecule has 2 N–H and O–H groups in total. The van der Waals surface area contributed by atoms with Gasteiger partial charge in [0.05, 0.1) is 5.69 Å². The molecule has 0 spiro atoms. The highest BCUT2D eigenvalue weighted by atomic mass is 19.1. The third kappa shape index (κ3) is 3.57. The molecule has 3 rings (SSSR count). The van der Waals surface area contributed by atoms with E-state index >= 15 is 0 Å². The molecule has 1 aliphatic rings. The number of rotatable bonds is 4. The van der Waals surface area contributed by atoms with Crippen LogP contribution in [0.2, 0.25) is 0 Å². The Hall–Kier alpha value is -3.09. The Bertz CT molecular complexity index is 746. The van der Waals surface area contributed by atoms with E-state index in [1.54, 1.807) is 18.2 Å². The lowest BCUT2D eigenvalue weighted by Crippen LogP contribution is -2.27. The zero-order valence-electron chi connectivity index (χ0n) is 12.0. The van der Waals surface area contributed by atoms with Crippen LogP contribution in [-0.4, -0.2) is 25.0 Å². The summed E-state index contributed by atoms with van der Waals surface area (Å²) in [6.45, 7) is -0.303. The van der Waals surface area contributed by atoms with Gasteiger partial charge in [0.2, 0.25) is 0 Å². The summed E-state index contributed by atoms with van der Waals surface area (Å²) in [6.07, 6.45) is 0. The molecule has 23 heavy (non-hydrogen) atoms. The van der Waals surface area contributed by atoms with Gasteiger partial charge in [-0.15, -0.1) is 0 Å². The van der Waals surface area contributed by atoms with Gasteiger partial charge in [-0.25, -0.2) is 4.39 Å². The van der Waals surface area contributed by atoms with Gasteiger partial charge in [-0.05, 0) is 36.4 Å². The number of hydrogen-bond donors (Lipinski definition) is 2. The van der Waals surface area contributed by atoms with E-state index < -0.39 is 5.91 Å². The lowest BCUT2D eigenvalue weighted by molar-refractivity contribution is -0.119. The average molecular weight is 316 g/mol. The van der Waals surface area contributed by atoms with Crippen molar-refractivity contribution in [2.75, 3.05) is 23.8 Å². The largest absolute Gasteiger partial charge is 0.484 e. The van der Waals surface area contributed by atoms with E-state index in [4.69, 9.17) is 9.47 Å². The third-order valence-electron chi connectivity index (χ3n) is 3.11. The molecule has 0 aliphatic carbocycles. The molecule has 0 saturated carbocycles. The van der Waals surface area contributed by atoms with E-state index in [9.17, 15) is 14.0 Å². The van der Waals surface area contributed by atoms with E-state index in [-0.39, 0.29) is 24.9 Å². The summed E-state index contributed by atoms with van der Waals surface area (Å²) in [5, 5.41) is 5.29. The lowest BCUT2D eigenvalue weighted by atomic mass is 10.2. The van der Waals surface area contributed by atoms with Crippen molar-refractivity contribution in [2.24, 2.45) is 0 Å². The Labute approximate surface area is 131 Å². The Morgan fingerprint density at radius 1 is 1.26 bits per heavy atom. The first kappa shape index (κ1) is 14.8. The molecule has 2 amide bonds. The summed E-state index contributed by atoms with van der Waals surface area (Å²) >= 11 is 0. The second kappa shape index (κ2) is 6.35. The van der Waals surface area contributed by atoms with Crippen molar-refractivity contribution >= 4 is 23.2 Å². The van der Waals surface area contributed by atoms with Crippen molar-refractivity contribution in [1.29, 1.82) is 0 Å². The number of nitrogens with one attached hydrogen (secondary N) is 2. The van der Waals surface area contributed by atoms with E-state index in [0.29, 0.717) is 22.9 Å². The first-order chi connectivity index (χ1) is 11.1. The highest BCUT2D eigenvalue weighted by Crippen LogP contribution is 2.34. The van der Waals surface area contributed by atoms with Gasteiger partial charge in [-0.1, -0.05) is 6.07 Å². The number of benzene rings is 2.